The van der Waals surface area contributed by atoms with Crippen LogP contribution in [0.25, 0.3) is 11.4 Å². The number of halogens is 4. The molecule has 0 bridgehead atoms. The van der Waals surface area contributed by atoms with Gasteiger partial charge in [0.2, 0.25) is 5.82 Å². The number of ether oxygens (including phenoxy) is 1. The van der Waals surface area contributed by atoms with Crippen LogP contribution in [-0.2, 0) is 6.18 Å². The summed E-state index contributed by atoms with van der Waals surface area (Å²) in [5, 5.41) is 3.24. The van der Waals surface area contributed by atoms with Crippen molar-refractivity contribution in [2.75, 3.05) is 13.1 Å². The number of rotatable bonds is 3. The smallest absolute Gasteiger partial charge is 0.471 e. The summed E-state index contributed by atoms with van der Waals surface area (Å²) in [7, 11) is 0. The average molecular weight is 373 g/mol. The number of hydrogen-bond acceptors (Lipinski definition) is 5. The fourth-order valence-electron chi connectivity index (χ4n) is 2.80. The molecular formula is C17H19F4N3O2. The molecule has 0 saturated carbocycles. The van der Waals surface area contributed by atoms with E-state index in [2.05, 4.69) is 40.3 Å². The van der Waals surface area contributed by atoms with Gasteiger partial charge in [0.25, 0.3) is 0 Å². The fraction of sp³-hybridized carbons (Fsp3) is 0.529. The predicted molar refractivity (Wildman–Crippen MR) is 85.1 cm³/mol. The SMILES string of the molecule is CC(C)(C)N1CC[C@H](Oc2ccc(-c3noc(C(F)(F)F)n3)cc2F)C1. The van der Waals surface area contributed by atoms with E-state index in [9.17, 15) is 17.6 Å². The van der Waals surface area contributed by atoms with Gasteiger partial charge in [-0.05, 0) is 45.4 Å². The molecule has 1 aliphatic rings. The molecule has 0 aliphatic carbocycles. The molecule has 0 N–H and O–H groups in total. The molecule has 1 atom stereocenters. The molecule has 142 valence electrons. The van der Waals surface area contributed by atoms with Crippen LogP contribution >= 0.6 is 0 Å². The van der Waals surface area contributed by atoms with Gasteiger partial charge < -0.3 is 9.26 Å². The third-order valence-corrected chi connectivity index (χ3v) is 4.25. The van der Waals surface area contributed by atoms with Gasteiger partial charge in [-0.25, -0.2) is 4.39 Å². The molecule has 0 unspecified atom stereocenters. The second-order valence-corrected chi connectivity index (χ2v) is 7.21. The highest BCUT2D eigenvalue weighted by molar-refractivity contribution is 5.56. The van der Waals surface area contributed by atoms with Gasteiger partial charge in [-0.2, -0.15) is 18.2 Å². The molecule has 5 nitrogen and oxygen atoms in total. The molecule has 0 spiro atoms. The zero-order valence-corrected chi connectivity index (χ0v) is 14.6. The van der Waals surface area contributed by atoms with Gasteiger partial charge in [0, 0.05) is 24.2 Å². The number of benzene rings is 1. The lowest BCUT2D eigenvalue weighted by Crippen LogP contribution is -2.40. The molecule has 0 radical (unpaired) electrons. The Morgan fingerprint density at radius 2 is 1.96 bits per heavy atom. The van der Waals surface area contributed by atoms with Crippen LogP contribution in [0, 0.1) is 5.82 Å². The van der Waals surface area contributed by atoms with Gasteiger partial charge in [0.1, 0.15) is 6.10 Å². The standard InChI is InChI=1S/C17H19F4N3O2/c1-16(2,3)24-7-6-11(9-24)25-13-5-4-10(8-12(13)18)14-22-15(26-23-14)17(19,20)21/h4-5,8,11H,6-7,9H2,1-3H3/t11-/m0/s1. The van der Waals surface area contributed by atoms with Crippen LogP contribution < -0.4 is 4.74 Å². The summed E-state index contributed by atoms with van der Waals surface area (Å²) in [6.45, 7) is 7.85. The van der Waals surface area contributed by atoms with Crippen molar-refractivity contribution in [3.05, 3.63) is 29.9 Å². The van der Waals surface area contributed by atoms with E-state index in [1.165, 1.54) is 12.1 Å². The first-order valence-electron chi connectivity index (χ1n) is 8.16. The lowest BCUT2D eigenvalue weighted by atomic mass is 10.1. The van der Waals surface area contributed by atoms with E-state index >= 15 is 0 Å². The number of alkyl halides is 3. The lowest BCUT2D eigenvalue weighted by molar-refractivity contribution is -0.159. The van der Waals surface area contributed by atoms with E-state index < -0.39 is 17.9 Å². The predicted octanol–water partition coefficient (Wildman–Crippen LogP) is 4.15. The molecule has 26 heavy (non-hydrogen) atoms. The van der Waals surface area contributed by atoms with Crippen molar-refractivity contribution in [3.63, 3.8) is 0 Å². The van der Waals surface area contributed by atoms with Crippen LogP contribution in [0.1, 0.15) is 33.1 Å². The summed E-state index contributed by atoms with van der Waals surface area (Å²) in [5.41, 5.74) is 0.0897. The third kappa shape index (κ3) is 3.98. The highest BCUT2D eigenvalue weighted by Crippen LogP contribution is 2.31. The van der Waals surface area contributed by atoms with Crippen LogP contribution in [-0.4, -0.2) is 39.8 Å². The minimum Gasteiger partial charge on any atom is -0.486 e. The maximum Gasteiger partial charge on any atom is 0.471 e. The van der Waals surface area contributed by atoms with Gasteiger partial charge in [0.05, 0.1) is 0 Å². The van der Waals surface area contributed by atoms with Crippen LogP contribution in [0.3, 0.4) is 0 Å². The van der Waals surface area contributed by atoms with Crippen LogP contribution in [0.15, 0.2) is 22.7 Å². The molecule has 1 aromatic heterocycles. The maximum absolute atomic E-state index is 14.3. The Morgan fingerprint density at radius 3 is 2.50 bits per heavy atom. The largest absolute Gasteiger partial charge is 0.486 e. The molecule has 2 heterocycles. The van der Waals surface area contributed by atoms with E-state index in [0.717, 1.165) is 19.0 Å². The number of aromatic nitrogens is 2. The second-order valence-electron chi connectivity index (χ2n) is 7.21. The molecule has 0 amide bonds. The number of likely N-dealkylation sites (tertiary alicyclic amines) is 1. The summed E-state index contributed by atoms with van der Waals surface area (Å²) in [4.78, 5) is 5.50. The van der Waals surface area contributed by atoms with Gasteiger partial charge >= 0.3 is 12.1 Å². The first-order valence-corrected chi connectivity index (χ1v) is 8.16. The quantitative estimate of drug-likeness (QED) is 0.757. The molecule has 9 heteroatoms. The summed E-state index contributed by atoms with van der Waals surface area (Å²) < 4.78 is 61.7. The monoisotopic (exact) mass is 373 g/mol. The Kier molecular flexibility index (Phi) is 4.68. The summed E-state index contributed by atoms with van der Waals surface area (Å²) in [6, 6.07) is 3.81. The van der Waals surface area contributed by atoms with Gasteiger partial charge in [-0.3, -0.25) is 4.90 Å². The van der Waals surface area contributed by atoms with Crippen molar-refractivity contribution in [2.24, 2.45) is 0 Å². The average Bonchev–Trinajstić information content (AvgIpc) is 3.17. The highest BCUT2D eigenvalue weighted by Gasteiger charge is 2.38. The zero-order chi connectivity index (χ0) is 19.1. The van der Waals surface area contributed by atoms with Crippen molar-refractivity contribution in [1.29, 1.82) is 0 Å². The van der Waals surface area contributed by atoms with Gasteiger partial charge in [0.15, 0.2) is 11.6 Å². The Bertz CT molecular complexity index is 783. The highest BCUT2D eigenvalue weighted by atomic mass is 19.4. The van der Waals surface area contributed by atoms with E-state index in [1.807, 2.05) is 0 Å². The first kappa shape index (κ1) is 18.6. The van der Waals surface area contributed by atoms with E-state index in [-0.39, 0.29) is 28.8 Å². The molecule has 1 aliphatic heterocycles. The molecule has 1 aromatic carbocycles. The normalized spacial score (nSPS) is 19.1. The van der Waals surface area contributed by atoms with Crippen molar-refractivity contribution in [2.45, 2.75) is 45.0 Å². The lowest BCUT2D eigenvalue weighted by Gasteiger charge is -2.31. The van der Waals surface area contributed by atoms with Crippen molar-refractivity contribution >= 4 is 0 Å². The van der Waals surface area contributed by atoms with Gasteiger partial charge in [-0.1, -0.05) is 5.16 Å². The van der Waals surface area contributed by atoms with E-state index in [0.29, 0.717) is 6.54 Å². The summed E-state index contributed by atoms with van der Waals surface area (Å²) in [5.74, 6) is -2.44. The van der Waals surface area contributed by atoms with Crippen LogP contribution in [0.5, 0.6) is 5.75 Å². The third-order valence-electron chi connectivity index (χ3n) is 4.25. The second kappa shape index (κ2) is 6.53. The van der Waals surface area contributed by atoms with Crippen LogP contribution in [0.2, 0.25) is 0 Å². The topological polar surface area (TPSA) is 51.4 Å². The van der Waals surface area contributed by atoms with E-state index in [1.54, 1.807) is 0 Å². The zero-order valence-electron chi connectivity index (χ0n) is 14.6. The summed E-state index contributed by atoms with van der Waals surface area (Å²) in [6.07, 6.45) is -4.11. The minimum absolute atomic E-state index is 0.00925. The van der Waals surface area contributed by atoms with Gasteiger partial charge in [-0.15, -0.1) is 0 Å². The summed E-state index contributed by atoms with van der Waals surface area (Å²) >= 11 is 0. The van der Waals surface area contributed by atoms with E-state index in [4.69, 9.17) is 4.74 Å². The molecule has 1 saturated heterocycles. The van der Waals surface area contributed by atoms with Crippen molar-refractivity contribution < 1.29 is 26.8 Å². The molecule has 2 aromatic rings. The Hall–Kier alpha value is -2.16. The Balaban J connectivity index is 1.71. The maximum atomic E-state index is 14.3. The molecular weight excluding hydrogens is 354 g/mol. The Labute approximate surface area is 147 Å². The number of hydrogen-bond donors (Lipinski definition) is 0. The Morgan fingerprint density at radius 1 is 1.23 bits per heavy atom. The first-order chi connectivity index (χ1) is 12.0. The van der Waals surface area contributed by atoms with Crippen molar-refractivity contribution in [1.82, 2.24) is 15.0 Å². The molecule has 3 rings (SSSR count). The minimum atomic E-state index is -4.74. The fourth-order valence-corrected chi connectivity index (χ4v) is 2.80. The molecule has 1 fully saturated rings. The number of nitrogens with zero attached hydrogens (tertiary/aromatic N) is 3. The van der Waals surface area contributed by atoms with Crippen LogP contribution in [0.4, 0.5) is 17.6 Å². The van der Waals surface area contributed by atoms with Crippen molar-refractivity contribution in [3.8, 4) is 17.1 Å².